The number of ether oxygens (including phenoxy) is 2. The molecule has 0 aromatic heterocycles. The van der Waals surface area contributed by atoms with Crippen molar-refractivity contribution in [2.45, 2.75) is 26.2 Å². The van der Waals surface area contributed by atoms with Crippen LogP contribution in [0.3, 0.4) is 0 Å². The van der Waals surface area contributed by atoms with Crippen LogP contribution in [0.1, 0.15) is 26.2 Å². The highest BCUT2D eigenvalue weighted by atomic mass is 16.5. The van der Waals surface area contributed by atoms with Crippen molar-refractivity contribution in [1.82, 2.24) is 15.5 Å². The van der Waals surface area contributed by atoms with Gasteiger partial charge >= 0.3 is 0 Å². The summed E-state index contributed by atoms with van der Waals surface area (Å²) in [4.78, 5) is 18.5. The maximum Gasteiger partial charge on any atom is 0.244 e. The van der Waals surface area contributed by atoms with E-state index in [2.05, 4.69) is 15.6 Å². The number of aliphatic imine (C=N–C) groups is 1. The molecule has 2 N–H and O–H groups in total. The molecule has 1 amide bonds. The normalized spacial score (nSPS) is 14.7. The average Bonchev–Trinajstić information content (AvgIpc) is 2.70. The van der Waals surface area contributed by atoms with Gasteiger partial charge in [0.05, 0.1) is 13.7 Å². The molecule has 1 aliphatic heterocycles. The predicted octanol–water partition coefficient (Wildman–Crippen LogP) is 1.64. The number of carbonyl (C=O) groups is 1. The molecule has 0 atom stereocenters. The lowest BCUT2D eigenvalue weighted by Gasteiger charge is -2.26. The summed E-state index contributed by atoms with van der Waals surface area (Å²) in [6.45, 7) is 5.71. The molecule has 0 aliphatic carbocycles. The highest BCUT2D eigenvalue weighted by molar-refractivity contribution is 5.85. The Kier molecular flexibility index (Phi) is 8.59. The van der Waals surface area contributed by atoms with Gasteiger partial charge in [0.2, 0.25) is 5.91 Å². The van der Waals surface area contributed by atoms with Crippen LogP contribution in [-0.2, 0) is 4.79 Å². The number of piperidine rings is 1. The van der Waals surface area contributed by atoms with Gasteiger partial charge in [-0.15, -0.1) is 0 Å². The van der Waals surface area contributed by atoms with E-state index in [-0.39, 0.29) is 12.5 Å². The fourth-order valence-electron chi connectivity index (χ4n) is 2.74. The molecule has 1 aromatic carbocycles. The molecule has 7 heteroatoms. The number of hydrogen-bond donors (Lipinski definition) is 2. The first kappa shape index (κ1) is 19.9. The number of benzene rings is 1. The topological polar surface area (TPSA) is 75.2 Å². The molecule has 1 aromatic rings. The first-order valence-corrected chi connectivity index (χ1v) is 9.29. The van der Waals surface area contributed by atoms with Crippen LogP contribution in [0.2, 0.25) is 0 Å². The SMILES string of the molecule is CCNC(=NCC(=O)N1CCCCC1)NCCOc1ccc(OC)cc1. The van der Waals surface area contributed by atoms with Gasteiger partial charge in [0, 0.05) is 19.6 Å². The van der Waals surface area contributed by atoms with Crippen molar-refractivity contribution in [2.75, 3.05) is 46.4 Å². The Morgan fingerprint density at radius 2 is 1.81 bits per heavy atom. The Balaban J connectivity index is 1.72. The smallest absolute Gasteiger partial charge is 0.244 e. The average molecular weight is 362 g/mol. The molecule has 0 unspecified atom stereocenters. The minimum atomic E-state index is 0.0939. The van der Waals surface area contributed by atoms with Crippen LogP contribution < -0.4 is 20.1 Å². The van der Waals surface area contributed by atoms with E-state index in [1.54, 1.807) is 7.11 Å². The van der Waals surface area contributed by atoms with Gasteiger partial charge in [-0.25, -0.2) is 4.99 Å². The minimum Gasteiger partial charge on any atom is -0.497 e. The molecular formula is C19H30N4O3. The maximum atomic E-state index is 12.2. The molecular weight excluding hydrogens is 332 g/mol. The summed E-state index contributed by atoms with van der Waals surface area (Å²) in [6, 6.07) is 7.46. The van der Waals surface area contributed by atoms with E-state index in [0.29, 0.717) is 19.1 Å². The number of carbonyl (C=O) groups excluding carboxylic acids is 1. The summed E-state index contributed by atoms with van der Waals surface area (Å²) in [5.74, 6) is 2.32. The molecule has 1 heterocycles. The Morgan fingerprint density at radius 3 is 2.46 bits per heavy atom. The van der Waals surface area contributed by atoms with Gasteiger partial charge in [-0.1, -0.05) is 0 Å². The molecule has 0 spiro atoms. The number of rotatable bonds is 8. The molecule has 1 aliphatic rings. The highest BCUT2D eigenvalue weighted by Crippen LogP contribution is 2.16. The van der Waals surface area contributed by atoms with Gasteiger partial charge in [-0.3, -0.25) is 4.79 Å². The van der Waals surface area contributed by atoms with E-state index in [0.717, 1.165) is 44.0 Å². The Hall–Kier alpha value is -2.44. The van der Waals surface area contributed by atoms with Crippen LogP contribution in [0.25, 0.3) is 0 Å². The molecule has 7 nitrogen and oxygen atoms in total. The summed E-state index contributed by atoms with van der Waals surface area (Å²) < 4.78 is 10.8. The Bertz CT molecular complexity index is 569. The van der Waals surface area contributed by atoms with Crippen LogP contribution in [0.4, 0.5) is 0 Å². The van der Waals surface area contributed by atoms with E-state index in [9.17, 15) is 4.79 Å². The molecule has 26 heavy (non-hydrogen) atoms. The van der Waals surface area contributed by atoms with Gasteiger partial charge in [-0.2, -0.15) is 0 Å². The van der Waals surface area contributed by atoms with E-state index >= 15 is 0 Å². The molecule has 2 rings (SSSR count). The number of nitrogens with one attached hydrogen (secondary N) is 2. The third-order valence-electron chi connectivity index (χ3n) is 4.15. The number of amides is 1. The van der Waals surface area contributed by atoms with Crippen molar-refractivity contribution < 1.29 is 14.3 Å². The zero-order chi connectivity index (χ0) is 18.6. The van der Waals surface area contributed by atoms with Crippen molar-refractivity contribution >= 4 is 11.9 Å². The lowest BCUT2D eigenvalue weighted by atomic mass is 10.1. The van der Waals surface area contributed by atoms with Crippen molar-refractivity contribution in [3.63, 3.8) is 0 Å². The molecule has 0 radical (unpaired) electrons. The molecule has 0 bridgehead atoms. The first-order valence-electron chi connectivity index (χ1n) is 9.29. The third-order valence-corrected chi connectivity index (χ3v) is 4.15. The molecule has 1 saturated heterocycles. The van der Waals surface area contributed by atoms with Crippen molar-refractivity contribution in [1.29, 1.82) is 0 Å². The van der Waals surface area contributed by atoms with Crippen molar-refractivity contribution in [2.24, 2.45) is 4.99 Å². The van der Waals surface area contributed by atoms with Crippen LogP contribution in [0.5, 0.6) is 11.5 Å². The number of likely N-dealkylation sites (tertiary alicyclic amines) is 1. The largest absolute Gasteiger partial charge is 0.497 e. The molecule has 0 saturated carbocycles. The highest BCUT2D eigenvalue weighted by Gasteiger charge is 2.15. The van der Waals surface area contributed by atoms with Gasteiger partial charge in [0.25, 0.3) is 0 Å². The fraction of sp³-hybridized carbons (Fsp3) is 0.579. The van der Waals surface area contributed by atoms with Gasteiger partial charge in [-0.05, 0) is 50.5 Å². The standard InChI is InChI=1S/C19H30N4O3/c1-3-20-19(22-15-18(24)23-12-5-4-6-13-23)21-11-14-26-17-9-7-16(25-2)8-10-17/h7-10H,3-6,11-15H2,1-2H3,(H2,20,21,22). The summed E-state index contributed by atoms with van der Waals surface area (Å²) in [5, 5.41) is 6.34. The van der Waals surface area contributed by atoms with E-state index in [4.69, 9.17) is 9.47 Å². The van der Waals surface area contributed by atoms with Crippen molar-refractivity contribution in [3.05, 3.63) is 24.3 Å². The van der Waals surface area contributed by atoms with Gasteiger partial charge < -0.3 is 25.0 Å². The maximum absolute atomic E-state index is 12.2. The monoisotopic (exact) mass is 362 g/mol. The van der Waals surface area contributed by atoms with E-state index < -0.39 is 0 Å². The number of methoxy groups -OCH3 is 1. The number of guanidine groups is 1. The zero-order valence-electron chi connectivity index (χ0n) is 15.8. The second-order valence-corrected chi connectivity index (χ2v) is 6.09. The summed E-state index contributed by atoms with van der Waals surface area (Å²) in [5.41, 5.74) is 0. The van der Waals surface area contributed by atoms with E-state index in [1.165, 1.54) is 6.42 Å². The fourth-order valence-corrected chi connectivity index (χ4v) is 2.74. The lowest BCUT2D eigenvalue weighted by Crippen LogP contribution is -2.41. The van der Waals surface area contributed by atoms with Gasteiger partial charge in [0.1, 0.15) is 24.7 Å². The van der Waals surface area contributed by atoms with Crippen LogP contribution >= 0.6 is 0 Å². The quantitative estimate of drug-likeness (QED) is 0.418. The summed E-state index contributed by atoms with van der Waals surface area (Å²) in [7, 11) is 1.64. The number of hydrogen-bond acceptors (Lipinski definition) is 4. The lowest BCUT2D eigenvalue weighted by molar-refractivity contribution is -0.130. The Labute approximate surface area is 155 Å². The summed E-state index contributed by atoms with van der Waals surface area (Å²) in [6.07, 6.45) is 3.40. The summed E-state index contributed by atoms with van der Waals surface area (Å²) >= 11 is 0. The van der Waals surface area contributed by atoms with Crippen LogP contribution in [0.15, 0.2) is 29.3 Å². The molecule has 1 fully saturated rings. The first-order chi connectivity index (χ1) is 12.7. The third kappa shape index (κ3) is 6.82. The van der Waals surface area contributed by atoms with Gasteiger partial charge in [0.15, 0.2) is 5.96 Å². The minimum absolute atomic E-state index is 0.0939. The molecule has 144 valence electrons. The second kappa shape index (κ2) is 11.2. The van der Waals surface area contributed by atoms with Crippen molar-refractivity contribution in [3.8, 4) is 11.5 Å². The number of nitrogens with zero attached hydrogens (tertiary/aromatic N) is 2. The zero-order valence-corrected chi connectivity index (χ0v) is 15.8. The second-order valence-electron chi connectivity index (χ2n) is 6.09. The van der Waals surface area contributed by atoms with Crippen LogP contribution in [0, 0.1) is 0 Å². The van der Waals surface area contributed by atoms with Crippen LogP contribution in [-0.4, -0.2) is 63.2 Å². The Morgan fingerprint density at radius 1 is 1.12 bits per heavy atom. The van der Waals surface area contributed by atoms with E-state index in [1.807, 2.05) is 36.1 Å². The predicted molar refractivity (Wildman–Crippen MR) is 103 cm³/mol.